The molecule has 0 fully saturated rings. The highest BCUT2D eigenvalue weighted by molar-refractivity contribution is 5.91. The van der Waals surface area contributed by atoms with E-state index in [1.807, 2.05) is 0 Å². The van der Waals surface area contributed by atoms with E-state index in [9.17, 15) is 9.18 Å². The van der Waals surface area contributed by atoms with Gasteiger partial charge in [-0.15, -0.1) is 0 Å². The summed E-state index contributed by atoms with van der Waals surface area (Å²) < 4.78 is 18.2. The fraction of sp³-hybridized carbons (Fsp3) is 0.176. The lowest BCUT2D eigenvalue weighted by atomic mass is 10.2. The third-order valence-electron chi connectivity index (χ3n) is 3.44. The Balaban J connectivity index is 1.58. The third-order valence-corrected chi connectivity index (χ3v) is 3.44. The Morgan fingerprint density at radius 2 is 2.04 bits per heavy atom. The average Bonchev–Trinajstić information content (AvgIpc) is 3.05. The quantitative estimate of drug-likeness (QED) is 0.779. The number of amides is 1. The average molecular weight is 326 g/mol. The standard InChI is InChI=1S/C17H15FN4O2/c1-11-10-13(18)2-3-14(11)20-15(23)4-5-16-21-17(22-24-16)12-6-8-19-9-7-12/h2-3,6-10H,4-5H2,1H3,(H,20,23). The Hall–Kier alpha value is -3.09. The molecule has 24 heavy (non-hydrogen) atoms. The van der Waals surface area contributed by atoms with Gasteiger partial charge in [0.1, 0.15) is 5.82 Å². The minimum Gasteiger partial charge on any atom is -0.339 e. The number of anilines is 1. The second-order valence-electron chi connectivity index (χ2n) is 5.26. The molecule has 0 radical (unpaired) electrons. The summed E-state index contributed by atoms with van der Waals surface area (Å²) in [5, 5.41) is 6.63. The van der Waals surface area contributed by atoms with Gasteiger partial charge in [-0.2, -0.15) is 4.98 Å². The molecule has 2 aromatic heterocycles. The molecule has 0 spiro atoms. The molecule has 1 aromatic carbocycles. The zero-order valence-electron chi connectivity index (χ0n) is 13.0. The van der Waals surface area contributed by atoms with Crippen molar-refractivity contribution in [1.82, 2.24) is 15.1 Å². The summed E-state index contributed by atoms with van der Waals surface area (Å²) in [7, 11) is 0. The first-order valence-electron chi connectivity index (χ1n) is 7.41. The molecule has 6 nitrogen and oxygen atoms in total. The molecule has 0 unspecified atom stereocenters. The van der Waals surface area contributed by atoms with Crippen LogP contribution >= 0.6 is 0 Å². The van der Waals surface area contributed by atoms with Crippen molar-refractivity contribution in [2.45, 2.75) is 19.8 Å². The molecule has 0 aliphatic carbocycles. The lowest BCUT2D eigenvalue weighted by Crippen LogP contribution is -2.13. The maximum Gasteiger partial charge on any atom is 0.227 e. The fourth-order valence-electron chi connectivity index (χ4n) is 2.18. The van der Waals surface area contributed by atoms with Crippen LogP contribution < -0.4 is 5.32 Å². The molecular formula is C17H15FN4O2. The van der Waals surface area contributed by atoms with E-state index in [2.05, 4.69) is 20.4 Å². The number of rotatable bonds is 5. The van der Waals surface area contributed by atoms with Gasteiger partial charge in [0, 0.05) is 36.5 Å². The first-order chi connectivity index (χ1) is 11.6. The number of hydrogen-bond acceptors (Lipinski definition) is 5. The predicted molar refractivity (Wildman–Crippen MR) is 85.6 cm³/mol. The summed E-state index contributed by atoms with van der Waals surface area (Å²) in [6.07, 6.45) is 3.80. The minimum atomic E-state index is -0.333. The van der Waals surface area contributed by atoms with Crippen molar-refractivity contribution in [3.8, 4) is 11.4 Å². The molecule has 7 heteroatoms. The zero-order chi connectivity index (χ0) is 16.9. The van der Waals surface area contributed by atoms with Gasteiger partial charge < -0.3 is 9.84 Å². The molecule has 122 valence electrons. The molecule has 0 bridgehead atoms. The molecule has 0 atom stereocenters. The van der Waals surface area contributed by atoms with Crippen LogP contribution in [0.1, 0.15) is 17.9 Å². The lowest BCUT2D eigenvalue weighted by molar-refractivity contribution is -0.116. The Morgan fingerprint density at radius 3 is 2.79 bits per heavy atom. The van der Waals surface area contributed by atoms with Crippen molar-refractivity contribution in [1.29, 1.82) is 0 Å². The summed E-state index contributed by atoms with van der Waals surface area (Å²) in [5.74, 6) is 0.309. The monoisotopic (exact) mass is 326 g/mol. The van der Waals surface area contributed by atoms with Gasteiger partial charge in [0.15, 0.2) is 0 Å². The van der Waals surface area contributed by atoms with E-state index in [1.54, 1.807) is 31.5 Å². The van der Waals surface area contributed by atoms with Gasteiger partial charge in [0.25, 0.3) is 0 Å². The number of halogens is 1. The number of aromatic nitrogens is 3. The van der Waals surface area contributed by atoms with Crippen LogP contribution in [0.15, 0.2) is 47.2 Å². The smallest absolute Gasteiger partial charge is 0.227 e. The van der Waals surface area contributed by atoms with Crippen LogP contribution in [0.2, 0.25) is 0 Å². The number of carbonyl (C=O) groups is 1. The summed E-state index contributed by atoms with van der Waals surface area (Å²) in [4.78, 5) is 20.2. The number of nitrogens with zero attached hydrogens (tertiary/aromatic N) is 3. The van der Waals surface area contributed by atoms with E-state index in [-0.39, 0.29) is 18.1 Å². The van der Waals surface area contributed by atoms with Crippen LogP contribution in [0.3, 0.4) is 0 Å². The molecule has 0 aliphatic rings. The van der Waals surface area contributed by atoms with Gasteiger partial charge in [-0.05, 0) is 42.8 Å². The molecule has 3 aromatic rings. The van der Waals surface area contributed by atoms with Gasteiger partial charge in [0.05, 0.1) is 0 Å². The predicted octanol–water partition coefficient (Wildman–Crippen LogP) is 3.15. The number of pyridine rings is 1. The number of carbonyl (C=O) groups excluding carboxylic acids is 1. The van der Waals surface area contributed by atoms with Crippen molar-refractivity contribution in [2.24, 2.45) is 0 Å². The Labute approximate surface area is 137 Å². The van der Waals surface area contributed by atoms with Crippen LogP contribution in [0.5, 0.6) is 0 Å². The first-order valence-corrected chi connectivity index (χ1v) is 7.41. The number of benzene rings is 1. The highest BCUT2D eigenvalue weighted by atomic mass is 19.1. The van der Waals surface area contributed by atoms with E-state index in [1.165, 1.54) is 18.2 Å². The van der Waals surface area contributed by atoms with Crippen LogP contribution in [-0.2, 0) is 11.2 Å². The molecule has 2 heterocycles. The summed E-state index contributed by atoms with van der Waals surface area (Å²) in [5.41, 5.74) is 2.05. The highest BCUT2D eigenvalue weighted by Crippen LogP contribution is 2.17. The number of hydrogen-bond donors (Lipinski definition) is 1. The molecule has 0 aliphatic heterocycles. The molecule has 0 saturated carbocycles. The Kier molecular flexibility index (Phi) is 4.60. The summed E-state index contributed by atoms with van der Waals surface area (Å²) >= 11 is 0. The molecule has 1 amide bonds. The first kappa shape index (κ1) is 15.8. The molecule has 0 saturated heterocycles. The van der Waals surface area contributed by atoms with Crippen molar-refractivity contribution in [3.63, 3.8) is 0 Å². The van der Waals surface area contributed by atoms with E-state index in [4.69, 9.17) is 4.52 Å². The lowest BCUT2D eigenvalue weighted by Gasteiger charge is -2.07. The van der Waals surface area contributed by atoms with Crippen molar-refractivity contribution in [2.75, 3.05) is 5.32 Å². The number of nitrogens with one attached hydrogen (secondary N) is 1. The van der Waals surface area contributed by atoms with E-state index >= 15 is 0 Å². The van der Waals surface area contributed by atoms with Crippen molar-refractivity contribution < 1.29 is 13.7 Å². The van der Waals surface area contributed by atoms with Gasteiger partial charge in [-0.1, -0.05) is 5.16 Å². The van der Waals surface area contributed by atoms with Crippen LogP contribution in [0.4, 0.5) is 10.1 Å². The van der Waals surface area contributed by atoms with Crippen molar-refractivity contribution in [3.05, 3.63) is 60.0 Å². The summed E-state index contributed by atoms with van der Waals surface area (Å²) in [6.45, 7) is 1.73. The molecule has 3 rings (SSSR count). The van der Waals surface area contributed by atoms with Crippen LogP contribution in [0.25, 0.3) is 11.4 Å². The minimum absolute atomic E-state index is 0.189. The van der Waals surface area contributed by atoms with Crippen molar-refractivity contribution >= 4 is 11.6 Å². The number of aryl methyl sites for hydroxylation is 2. The molecule has 1 N–H and O–H groups in total. The Morgan fingerprint density at radius 1 is 1.25 bits per heavy atom. The molecular weight excluding hydrogens is 311 g/mol. The second kappa shape index (κ2) is 6.99. The van der Waals surface area contributed by atoms with Crippen LogP contribution in [-0.4, -0.2) is 21.0 Å². The van der Waals surface area contributed by atoms with Crippen LogP contribution in [0, 0.1) is 12.7 Å². The van der Waals surface area contributed by atoms with Gasteiger partial charge in [0.2, 0.25) is 17.6 Å². The largest absolute Gasteiger partial charge is 0.339 e. The van der Waals surface area contributed by atoms with Gasteiger partial charge >= 0.3 is 0 Å². The van der Waals surface area contributed by atoms with E-state index < -0.39 is 0 Å². The van der Waals surface area contributed by atoms with E-state index in [0.717, 1.165) is 5.56 Å². The zero-order valence-corrected chi connectivity index (χ0v) is 13.0. The normalized spacial score (nSPS) is 10.6. The highest BCUT2D eigenvalue weighted by Gasteiger charge is 2.11. The Bertz CT molecular complexity index is 849. The third kappa shape index (κ3) is 3.81. The fourth-order valence-corrected chi connectivity index (χ4v) is 2.18. The maximum atomic E-state index is 13.1. The second-order valence-corrected chi connectivity index (χ2v) is 5.26. The maximum absolute atomic E-state index is 13.1. The van der Waals surface area contributed by atoms with Gasteiger partial charge in [-0.3, -0.25) is 9.78 Å². The topological polar surface area (TPSA) is 80.9 Å². The SMILES string of the molecule is Cc1cc(F)ccc1NC(=O)CCc1nc(-c2ccncc2)no1. The van der Waals surface area contributed by atoms with E-state index in [0.29, 0.717) is 29.4 Å². The summed E-state index contributed by atoms with van der Waals surface area (Å²) in [6, 6.07) is 7.77. The van der Waals surface area contributed by atoms with Gasteiger partial charge in [-0.25, -0.2) is 4.39 Å².